The molecule has 2 aromatic rings. The molecule has 7 nitrogen and oxygen atoms in total. The van der Waals surface area contributed by atoms with Crippen LogP contribution in [0.5, 0.6) is 0 Å². The van der Waals surface area contributed by atoms with E-state index in [2.05, 4.69) is 6.07 Å². The number of benzene rings is 2. The maximum absolute atomic E-state index is 9.22. The van der Waals surface area contributed by atoms with Gasteiger partial charge in [0.15, 0.2) is 0 Å². The Morgan fingerprint density at radius 3 is 2.21 bits per heavy atom. The van der Waals surface area contributed by atoms with Crippen molar-refractivity contribution in [3.8, 4) is 6.07 Å². The van der Waals surface area contributed by atoms with Crippen LogP contribution >= 0.6 is 23.4 Å². The SMILES string of the molecule is N#Cc1ccc(S[C@H](C[C@H](N)CO)c2ccccc2)c(Cl)c1.O=C(O)C(=O)O. The molecule has 2 atom stereocenters. The van der Waals surface area contributed by atoms with Crippen molar-refractivity contribution in [1.29, 1.82) is 5.26 Å². The van der Waals surface area contributed by atoms with Crippen molar-refractivity contribution in [3.63, 3.8) is 0 Å². The molecule has 0 aliphatic rings. The fourth-order valence-electron chi connectivity index (χ4n) is 2.09. The van der Waals surface area contributed by atoms with Gasteiger partial charge in [-0.05, 0) is 30.2 Å². The molecule has 0 saturated heterocycles. The summed E-state index contributed by atoms with van der Waals surface area (Å²) in [5.74, 6) is -3.65. The number of aliphatic hydroxyl groups is 1. The zero-order valence-corrected chi connectivity index (χ0v) is 16.2. The van der Waals surface area contributed by atoms with Crippen LogP contribution in [0.25, 0.3) is 0 Å². The topological polar surface area (TPSA) is 145 Å². The number of rotatable bonds is 6. The van der Waals surface area contributed by atoms with Crippen LogP contribution < -0.4 is 5.73 Å². The predicted molar refractivity (Wildman–Crippen MR) is 106 cm³/mol. The molecule has 0 fully saturated rings. The molecule has 0 aliphatic carbocycles. The van der Waals surface area contributed by atoms with Crippen molar-refractivity contribution < 1.29 is 24.9 Å². The van der Waals surface area contributed by atoms with Crippen molar-refractivity contribution in [2.45, 2.75) is 22.6 Å². The van der Waals surface area contributed by atoms with Gasteiger partial charge in [-0.25, -0.2) is 9.59 Å². The zero-order chi connectivity index (χ0) is 21.1. The average molecular weight is 423 g/mol. The lowest BCUT2D eigenvalue weighted by Crippen LogP contribution is -2.26. The summed E-state index contributed by atoms with van der Waals surface area (Å²) >= 11 is 7.86. The number of carbonyl (C=O) groups is 2. The smallest absolute Gasteiger partial charge is 0.414 e. The van der Waals surface area contributed by atoms with Gasteiger partial charge in [0.2, 0.25) is 0 Å². The third-order valence-electron chi connectivity index (χ3n) is 3.44. The van der Waals surface area contributed by atoms with Gasteiger partial charge in [0.25, 0.3) is 0 Å². The first-order valence-electron chi connectivity index (χ1n) is 8.02. The number of thioether (sulfide) groups is 1. The van der Waals surface area contributed by atoms with E-state index in [0.717, 1.165) is 10.5 Å². The molecule has 2 rings (SSSR count). The van der Waals surface area contributed by atoms with Crippen LogP contribution in [0.3, 0.4) is 0 Å². The molecule has 0 heterocycles. The molecule has 0 aromatic heterocycles. The van der Waals surface area contributed by atoms with E-state index in [4.69, 9.17) is 42.4 Å². The number of hydrogen-bond acceptors (Lipinski definition) is 6. The number of carboxylic acid groups (broad SMARTS) is 2. The lowest BCUT2D eigenvalue weighted by molar-refractivity contribution is -0.159. The van der Waals surface area contributed by atoms with Gasteiger partial charge in [0, 0.05) is 16.2 Å². The number of aliphatic carboxylic acids is 2. The van der Waals surface area contributed by atoms with Crippen LogP contribution in [0, 0.1) is 11.3 Å². The fourth-order valence-corrected chi connectivity index (χ4v) is 3.66. The van der Waals surface area contributed by atoms with Gasteiger partial charge in [-0.15, -0.1) is 11.8 Å². The van der Waals surface area contributed by atoms with Gasteiger partial charge in [-0.2, -0.15) is 5.26 Å². The molecule has 5 N–H and O–H groups in total. The van der Waals surface area contributed by atoms with E-state index in [1.165, 1.54) is 0 Å². The van der Waals surface area contributed by atoms with E-state index in [-0.39, 0.29) is 17.9 Å². The second-order valence-electron chi connectivity index (χ2n) is 5.56. The normalized spacial score (nSPS) is 12.1. The standard InChI is InChI=1S/C17H17ClN2OS.C2H2O4/c18-15-8-12(10-19)6-7-16(15)22-17(9-14(20)11-21)13-4-2-1-3-5-13;3-1(4)2(5)6/h1-8,14,17,21H,9,11,20H2;(H,3,4)(H,5,6)/t14-,17+;/m0./s1. The van der Waals surface area contributed by atoms with Crippen LogP contribution in [0.15, 0.2) is 53.4 Å². The van der Waals surface area contributed by atoms with E-state index in [0.29, 0.717) is 17.0 Å². The van der Waals surface area contributed by atoms with Crippen LogP contribution in [0.4, 0.5) is 0 Å². The Bertz CT molecular complexity index is 830. The monoisotopic (exact) mass is 422 g/mol. The minimum Gasteiger partial charge on any atom is -0.473 e. The number of nitriles is 1. The summed E-state index contributed by atoms with van der Waals surface area (Å²) in [6, 6.07) is 17.1. The summed E-state index contributed by atoms with van der Waals surface area (Å²) in [4.78, 5) is 19.1. The minimum atomic E-state index is -1.82. The van der Waals surface area contributed by atoms with E-state index in [1.807, 2.05) is 36.4 Å². The number of hydrogen-bond donors (Lipinski definition) is 4. The Labute approximate surface area is 171 Å². The molecule has 0 radical (unpaired) electrons. The summed E-state index contributed by atoms with van der Waals surface area (Å²) in [5.41, 5.74) is 7.58. The first-order chi connectivity index (χ1) is 13.3. The van der Waals surface area contributed by atoms with Crippen molar-refractivity contribution in [2.24, 2.45) is 5.73 Å². The Balaban J connectivity index is 0.000000568. The fraction of sp³-hybridized carbons (Fsp3) is 0.211. The maximum Gasteiger partial charge on any atom is 0.414 e. The molecule has 0 aliphatic heterocycles. The highest BCUT2D eigenvalue weighted by atomic mass is 35.5. The Kier molecular flexibility index (Phi) is 10.1. The van der Waals surface area contributed by atoms with Crippen LogP contribution in [-0.4, -0.2) is 39.9 Å². The summed E-state index contributed by atoms with van der Waals surface area (Å²) in [6.45, 7) is -0.0506. The predicted octanol–water partition coefficient (Wildman–Crippen LogP) is 2.91. The van der Waals surface area contributed by atoms with E-state index < -0.39 is 11.9 Å². The highest BCUT2D eigenvalue weighted by molar-refractivity contribution is 7.99. The third-order valence-corrected chi connectivity index (χ3v) is 5.22. The lowest BCUT2D eigenvalue weighted by atomic mass is 10.1. The number of nitrogens with zero attached hydrogens (tertiary/aromatic N) is 1. The van der Waals surface area contributed by atoms with Gasteiger partial charge in [0.05, 0.1) is 23.3 Å². The van der Waals surface area contributed by atoms with E-state index in [9.17, 15) is 5.11 Å². The molecule has 0 saturated carbocycles. The van der Waals surface area contributed by atoms with Crippen LogP contribution in [-0.2, 0) is 9.59 Å². The van der Waals surface area contributed by atoms with Crippen molar-refractivity contribution in [1.82, 2.24) is 0 Å². The highest BCUT2D eigenvalue weighted by Crippen LogP contribution is 2.41. The maximum atomic E-state index is 9.22. The van der Waals surface area contributed by atoms with Crippen LogP contribution in [0.2, 0.25) is 5.02 Å². The number of halogens is 1. The summed E-state index contributed by atoms with van der Waals surface area (Å²) < 4.78 is 0. The quantitative estimate of drug-likeness (QED) is 0.410. The molecule has 2 aromatic carbocycles. The number of carboxylic acids is 2. The van der Waals surface area contributed by atoms with Crippen molar-refractivity contribution in [2.75, 3.05) is 6.61 Å². The van der Waals surface area contributed by atoms with E-state index >= 15 is 0 Å². The van der Waals surface area contributed by atoms with E-state index in [1.54, 1.807) is 23.9 Å². The first-order valence-corrected chi connectivity index (χ1v) is 9.28. The molecule has 28 heavy (non-hydrogen) atoms. The largest absolute Gasteiger partial charge is 0.473 e. The van der Waals surface area contributed by atoms with Gasteiger partial charge in [0.1, 0.15) is 0 Å². The minimum absolute atomic E-state index is 0.0506. The van der Waals surface area contributed by atoms with Crippen LogP contribution in [0.1, 0.15) is 22.8 Å². The molecular weight excluding hydrogens is 404 g/mol. The second-order valence-corrected chi connectivity index (χ2v) is 7.21. The summed E-state index contributed by atoms with van der Waals surface area (Å²) in [5, 5.41) is 33.6. The lowest BCUT2D eigenvalue weighted by Gasteiger charge is -2.20. The van der Waals surface area contributed by atoms with Crippen molar-refractivity contribution in [3.05, 3.63) is 64.7 Å². The molecular formula is C19H19ClN2O5S. The zero-order valence-electron chi connectivity index (χ0n) is 14.7. The van der Waals surface area contributed by atoms with Gasteiger partial charge < -0.3 is 21.1 Å². The van der Waals surface area contributed by atoms with Gasteiger partial charge in [-0.1, -0.05) is 41.9 Å². The Morgan fingerprint density at radius 1 is 1.14 bits per heavy atom. The number of aliphatic hydroxyl groups excluding tert-OH is 1. The van der Waals surface area contributed by atoms with Gasteiger partial charge >= 0.3 is 11.9 Å². The molecule has 0 unspecified atom stereocenters. The Hall–Kier alpha value is -2.57. The summed E-state index contributed by atoms with van der Waals surface area (Å²) in [6.07, 6.45) is 0.640. The average Bonchev–Trinajstić information content (AvgIpc) is 2.69. The molecule has 0 spiro atoms. The van der Waals surface area contributed by atoms with Crippen molar-refractivity contribution >= 4 is 35.3 Å². The molecule has 9 heteroatoms. The highest BCUT2D eigenvalue weighted by Gasteiger charge is 2.18. The second kappa shape index (κ2) is 12.0. The van der Waals surface area contributed by atoms with Gasteiger partial charge in [-0.3, -0.25) is 0 Å². The first kappa shape index (κ1) is 23.5. The molecule has 148 valence electrons. The molecule has 0 amide bonds. The third kappa shape index (κ3) is 7.98. The number of nitrogens with two attached hydrogens (primary N) is 1. The summed E-state index contributed by atoms with van der Waals surface area (Å²) in [7, 11) is 0. The molecule has 0 bridgehead atoms. The Morgan fingerprint density at radius 2 is 1.75 bits per heavy atom.